The van der Waals surface area contributed by atoms with Gasteiger partial charge in [-0.2, -0.15) is 4.39 Å². The molecule has 0 spiro atoms. The van der Waals surface area contributed by atoms with E-state index in [0.29, 0.717) is 24.0 Å². The number of carboxylic acids is 1. The molecule has 0 aromatic heterocycles. The lowest BCUT2D eigenvalue weighted by molar-refractivity contribution is -0.134. The molecule has 15 heavy (non-hydrogen) atoms. The monoisotopic (exact) mass is 270 g/mol. The summed E-state index contributed by atoms with van der Waals surface area (Å²) in [6.07, 6.45) is 1.14. The van der Waals surface area contributed by atoms with Crippen LogP contribution < -0.4 is 0 Å². The smallest absolute Gasteiger partial charge is 0.365 e. The highest BCUT2D eigenvalue weighted by atomic mass is 79.9. The molecule has 0 amide bonds. The Bertz CT molecular complexity index is 466. The predicted molar refractivity (Wildman–Crippen MR) is 58.1 cm³/mol. The van der Waals surface area contributed by atoms with Gasteiger partial charge in [0.25, 0.3) is 0 Å². The van der Waals surface area contributed by atoms with Crippen LogP contribution in [0.15, 0.2) is 28.5 Å². The van der Waals surface area contributed by atoms with Gasteiger partial charge in [0, 0.05) is 10.0 Å². The normalized spacial score (nSPS) is 17.5. The summed E-state index contributed by atoms with van der Waals surface area (Å²) in [5.41, 5.74) is 2.01. The van der Waals surface area contributed by atoms with Crippen molar-refractivity contribution in [1.82, 2.24) is 0 Å². The minimum Gasteiger partial charge on any atom is -0.476 e. The van der Waals surface area contributed by atoms with Crippen molar-refractivity contribution in [3.63, 3.8) is 0 Å². The largest absolute Gasteiger partial charge is 0.476 e. The fourth-order valence-electron chi connectivity index (χ4n) is 1.84. The maximum Gasteiger partial charge on any atom is 0.365 e. The first-order chi connectivity index (χ1) is 7.11. The zero-order valence-corrected chi connectivity index (χ0v) is 9.34. The Hall–Kier alpha value is -1.16. The minimum atomic E-state index is -1.49. The summed E-state index contributed by atoms with van der Waals surface area (Å²) in [5, 5.41) is 8.59. The maximum atomic E-state index is 13.3. The van der Waals surface area contributed by atoms with Crippen LogP contribution in [0.3, 0.4) is 0 Å². The highest BCUT2D eigenvalue weighted by Gasteiger charge is 2.24. The van der Waals surface area contributed by atoms with Crippen molar-refractivity contribution < 1.29 is 14.3 Å². The molecule has 0 bridgehead atoms. The SMILES string of the molecule is O=C(O)/C(F)=C1/CCc2c(Br)cccc21. The van der Waals surface area contributed by atoms with Crippen molar-refractivity contribution in [1.29, 1.82) is 0 Å². The van der Waals surface area contributed by atoms with Gasteiger partial charge in [-0.25, -0.2) is 4.79 Å². The molecule has 0 heterocycles. The van der Waals surface area contributed by atoms with Crippen LogP contribution in [-0.2, 0) is 11.2 Å². The van der Waals surface area contributed by atoms with Gasteiger partial charge in [0.2, 0.25) is 5.83 Å². The molecule has 1 aromatic carbocycles. The number of aliphatic carboxylic acids is 1. The first-order valence-electron chi connectivity index (χ1n) is 4.51. The first kappa shape index (κ1) is 10.4. The third-order valence-corrected chi connectivity index (χ3v) is 3.26. The van der Waals surface area contributed by atoms with Crippen LogP contribution in [0.5, 0.6) is 0 Å². The van der Waals surface area contributed by atoms with E-state index in [9.17, 15) is 9.18 Å². The maximum absolute atomic E-state index is 13.3. The van der Waals surface area contributed by atoms with Crippen LogP contribution in [-0.4, -0.2) is 11.1 Å². The third-order valence-electron chi connectivity index (χ3n) is 2.52. The van der Waals surface area contributed by atoms with Gasteiger partial charge < -0.3 is 5.11 Å². The van der Waals surface area contributed by atoms with Crippen molar-refractivity contribution in [2.45, 2.75) is 12.8 Å². The number of rotatable bonds is 1. The summed E-state index contributed by atoms with van der Waals surface area (Å²) >= 11 is 3.37. The number of carboxylic acid groups (broad SMARTS) is 1. The van der Waals surface area contributed by atoms with E-state index in [1.165, 1.54) is 0 Å². The molecule has 0 radical (unpaired) electrons. The van der Waals surface area contributed by atoms with E-state index >= 15 is 0 Å². The molecule has 0 unspecified atom stereocenters. The van der Waals surface area contributed by atoms with Gasteiger partial charge in [-0.05, 0) is 30.0 Å². The van der Waals surface area contributed by atoms with E-state index in [4.69, 9.17) is 5.11 Å². The Labute approximate surface area is 94.5 Å². The van der Waals surface area contributed by atoms with E-state index in [1.807, 2.05) is 6.07 Å². The van der Waals surface area contributed by atoms with Crippen LogP contribution in [0.1, 0.15) is 17.5 Å². The van der Waals surface area contributed by atoms with Gasteiger partial charge in [-0.1, -0.05) is 28.1 Å². The lowest BCUT2D eigenvalue weighted by Gasteiger charge is -2.02. The van der Waals surface area contributed by atoms with Crippen LogP contribution in [0.25, 0.3) is 5.57 Å². The van der Waals surface area contributed by atoms with Gasteiger partial charge in [0.1, 0.15) is 0 Å². The molecule has 1 aromatic rings. The van der Waals surface area contributed by atoms with Crippen LogP contribution in [0.4, 0.5) is 4.39 Å². The highest BCUT2D eigenvalue weighted by molar-refractivity contribution is 9.10. The second kappa shape index (κ2) is 3.77. The van der Waals surface area contributed by atoms with E-state index in [-0.39, 0.29) is 0 Å². The average molecular weight is 271 g/mol. The zero-order chi connectivity index (χ0) is 11.0. The fraction of sp³-hybridized carbons (Fsp3) is 0.182. The van der Waals surface area contributed by atoms with Crippen molar-refractivity contribution in [3.8, 4) is 0 Å². The van der Waals surface area contributed by atoms with Crippen molar-refractivity contribution in [2.75, 3.05) is 0 Å². The molecule has 1 aliphatic rings. The number of carbonyl (C=O) groups is 1. The highest BCUT2D eigenvalue weighted by Crippen LogP contribution is 2.38. The summed E-state index contributed by atoms with van der Waals surface area (Å²) < 4.78 is 14.2. The molecule has 0 saturated carbocycles. The zero-order valence-electron chi connectivity index (χ0n) is 7.76. The molecular formula is C11H8BrFO2. The van der Waals surface area contributed by atoms with Gasteiger partial charge in [0.05, 0.1) is 0 Å². The summed E-state index contributed by atoms with van der Waals surface area (Å²) in [6.45, 7) is 0. The molecular weight excluding hydrogens is 263 g/mol. The standard InChI is InChI=1S/C11H8BrFO2/c12-9-3-1-2-6-7(9)4-5-8(6)10(13)11(14)15/h1-3H,4-5H2,(H,14,15)/b10-8+. The molecule has 0 saturated heterocycles. The Balaban J connectivity index is 2.59. The number of hydrogen-bond acceptors (Lipinski definition) is 1. The molecule has 1 N–H and O–H groups in total. The third kappa shape index (κ3) is 1.69. The quantitative estimate of drug-likeness (QED) is 0.796. The van der Waals surface area contributed by atoms with Gasteiger partial charge in [0.15, 0.2) is 0 Å². The van der Waals surface area contributed by atoms with Crippen molar-refractivity contribution in [2.24, 2.45) is 0 Å². The van der Waals surface area contributed by atoms with Crippen LogP contribution in [0, 0.1) is 0 Å². The minimum absolute atomic E-state index is 0.304. The Morgan fingerprint density at radius 3 is 2.80 bits per heavy atom. The molecule has 0 atom stereocenters. The van der Waals surface area contributed by atoms with E-state index in [2.05, 4.69) is 15.9 Å². The Kier molecular flexibility index (Phi) is 2.61. The summed E-state index contributed by atoms with van der Waals surface area (Å²) in [5.74, 6) is -2.52. The average Bonchev–Trinajstić information content (AvgIpc) is 2.61. The number of allylic oxidation sites excluding steroid dienone is 1. The second-order valence-corrected chi connectivity index (χ2v) is 4.22. The van der Waals surface area contributed by atoms with E-state index in [1.54, 1.807) is 12.1 Å². The topological polar surface area (TPSA) is 37.3 Å². The molecule has 1 aliphatic carbocycles. The molecule has 2 rings (SSSR count). The predicted octanol–water partition coefficient (Wildman–Crippen LogP) is 3.16. The van der Waals surface area contributed by atoms with Crippen LogP contribution >= 0.6 is 15.9 Å². The lowest BCUT2D eigenvalue weighted by atomic mass is 10.1. The summed E-state index contributed by atoms with van der Waals surface area (Å²) in [4.78, 5) is 10.5. The molecule has 2 nitrogen and oxygen atoms in total. The lowest BCUT2D eigenvalue weighted by Crippen LogP contribution is -1.97. The molecule has 0 fully saturated rings. The van der Waals surface area contributed by atoms with Gasteiger partial charge >= 0.3 is 5.97 Å². The second-order valence-electron chi connectivity index (χ2n) is 3.36. The molecule has 4 heteroatoms. The van der Waals surface area contributed by atoms with Crippen LogP contribution in [0.2, 0.25) is 0 Å². The van der Waals surface area contributed by atoms with Crippen molar-refractivity contribution in [3.05, 3.63) is 39.6 Å². The van der Waals surface area contributed by atoms with E-state index < -0.39 is 11.8 Å². The number of halogens is 2. The van der Waals surface area contributed by atoms with Gasteiger partial charge in [-0.15, -0.1) is 0 Å². The summed E-state index contributed by atoms with van der Waals surface area (Å²) in [6, 6.07) is 5.41. The Morgan fingerprint density at radius 2 is 2.13 bits per heavy atom. The number of benzene rings is 1. The van der Waals surface area contributed by atoms with E-state index in [0.717, 1.165) is 10.0 Å². The number of hydrogen-bond donors (Lipinski definition) is 1. The van der Waals surface area contributed by atoms with Gasteiger partial charge in [-0.3, -0.25) is 0 Å². The number of fused-ring (bicyclic) bond motifs is 1. The molecule has 78 valence electrons. The first-order valence-corrected chi connectivity index (χ1v) is 5.30. The van der Waals surface area contributed by atoms with Crippen molar-refractivity contribution >= 4 is 27.5 Å². The fourth-order valence-corrected chi connectivity index (χ4v) is 2.40. The summed E-state index contributed by atoms with van der Waals surface area (Å²) in [7, 11) is 0. The molecule has 0 aliphatic heterocycles. The Morgan fingerprint density at radius 1 is 1.40 bits per heavy atom.